The van der Waals surface area contributed by atoms with E-state index in [0.717, 1.165) is 11.1 Å². The Balaban J connectivity index is 1.71. The van der Waals surface area contributed by atoms with Gasteiger partial charge < -0.3 is 13.9 Å². The highest BCUT2D eigenvalue weighted by atomic mass is 32.1. The van der Waals surface area contributed by atoms with Gasteiger partial charge in [0.25, 0.3) is 11.2 Å². The number of hydrogen-bond donors (Lipinski definition) is 0. The van der Waals surface area contributed by atoms with Gasteiger partial charge in [-0.1, -0.05) is 35.6 Å². The molecule has 0 unspecified atom stereocenters. The molecule has 204 valence electrons. The predicted molar refractivity (Wildman–Crippen MR) is 149 cm³/mol. The molecule has 40 heavy (non-hydrogen) atoms. The highest BCUT2D eigenvalue weighted by molar-refractivity contribution is 7.07. The molecule has 0 bridgehead atoms. The zero-order chi connectivity index (χ0) is 28.6. The fourth-order valence-electron chi connectivity index (χ4n) is 4.62. The molecule has 1 aliphatic rings. The molecule has 2 aromatic heterocycles. The summed E-state index contributed by atoms with van der Waals surface area (Å²) in [5.41, 5.74) is 2.15. The molecule has 1 aliphatic heterocycles. The van der Waals surface area contributed by atoms with E-state index in [4.69, 9.17) is 13.9 Å². The molecule has 0 saturated heterocycles. The third-order valence-corrected chi connectivity index (χ3v) is 7.52. The van der Waals surface area contributed by atoms with Crippen molar-refractivity contribution in [2.45, 2.75) is 26.8 Å². The minimum atomic E-state index is -0.956. The van der Waals surface area contributed by atoms with Crippen LogP contribution in [-0.4, -0.2) is 29.2 Å². The SMILES string of the molecule is CCOC(=O)C1=C(C)N=c2s/c(=C\c3ccccc3OC)c(=O)n2[C@H]1c1ccc(-c2cc([N+](=O)[O-])ccc2C)o1. The lowest BCUT2D eigenvalue weighted by molar-refractivity contribution is -0.384. The summed E-state index contributed by atoms with van der Waals surface area (Å²) in [7, 11) is 1.56. The van der Waals surface area contributed by atoms with Crippen LogP contribution in [0.1, 0.15) is 36.8 Å². The van der Waals surface area contributed by atoms with E-state index in [0.29, 0.717) is 37.9 Å². The number of rotatable bonds is 7. The molecule has 5 rings (SSSR count). The summed E-state index contributed by atoms with van der Waals surface area (Å²) in [4.78, 5) is 42.9. The maximum absolute atomic E-state index is 13.8. The first-order chi connectivity index (χ1) is 19.2. The number of hydrogen-bond acceptors (Lipinski definition) is 9. The lowest BCUT2D eigenvalue weighted by Gasteiger charge is -2.22. The smallest absolute Gasteiger partial charge is 0.338 e. The number of furan rings is 1. The fraction of sp³-hybridized carbons (Fsp3) is 0.207. The molecule has 0 spiro atoms. The van der Waals surface area contributed by atoms with Crippen LogP contribution in [0.3, 0.4) is 0 Å². The zero-order valence-corrected chi connectivity index (χ0v) is 23.0. The number of nitrogens with zero attached hydrogens (tertiary/aromatic N) is 3. The molecular weight excluding hydrogens is 534 g/mol. The standard InChI is InChI=1S/C29H25N3O7S/c1-5-38-28(34)25-17(3)30-29-31(27(33)24(40-29)14-18-8-6-7-9-21(18)37-4)26(25)23-13-12-22(39-23)20-15-19(32(35)36)11-10-16(20)2/h6-15,26H,5H2,1-4H3/b24-14-/t26-/m0/s1. The van der Waals surface area contributed by atoms with Crippen LogP contribution in [-0.2, 0) is 9.53 Å². The quantitative estimate of drug-likeness (QED) is 0.188. The summed E-state index contributed by atoms with van der Waals surface area (Å²) in [6.45, 7) is 5.33. The Labute approximate surface area is 232 Å². The van der Waals surface area contributed by atoms with Gasteiger partial charge in [-0.15, -0.1) is 0 Å². The minimum absolute atomic E-state index is 0.0779. The number of nitro groups is 1. The van der Waals surface area contributed by atoms with Crippen LogP contribution < -0.4 is 19.6 Å². The van der Waals surface area contributed by atoms with E-state index < -0.39 is 16.9 Å². The normalized spacial score (nSPS) is 15.0. The van der Waals surface area contributed by atoms with Gasteiger partial charge in [-0.3, -0.25) is 19.5 Å². The van der Waals surface area contributed by atoms with Gasteiger partial charge in [0.15, 0.2) is 4.80 Å². The van der Waals surface area contributed by atoms with Crippen LogP contribution >= 0.6 is 11.3 Å². The molecule has 11 heteroatoms. The molecule has 0 fully saturated rings. The number of para-hydroxylation sites is 1. The first kappa shape index (κ1) is 26.8. The number of benzene rings is 2. The number of carbonyl (C=O) groups excluding carboxylic acids is 1. The molecule has 0 N–H and O–H groups in total. The number of fused-ring (bicyclic) bond motifs is 1. The van der Waals surface area contributed by atoms with Gasteiger partial charge in [-0.25, -0.2) is 9.79 Å². The molecule has 3 heterocycles. The van der Waals surface area contributed by atoms with E-state index in [9.17, 15) is 19.7 Å². The number of esters is 1. The zero-order valence-electron chi connectivity index (χ0n) is 22.2. The molecular formula is C29H25N3O7S. The van der Waals surface area contributed by atoms with Crippen molar-refractivity contribution < 1.29 is 23.6 Å². The number of aromatic nitrogens is 1. The Morgan fingerprint density at radius 1 is 1.20 bits per heavy atom. The summed E-state index contributed by atoms with van der Waals surface area (Å²) < 4.78 is 18.8. The van der Waals surface area contributed by atoms with Crippen LogP contribution in [0.4, 0.5) is 5.69 Å². The monoisotopic (exact) mass is 559 g/mol. The third-order valence-electron chi connectivity index (χ3n) is 6.54. The molecule has 0 aliphatic carbocycles. The third kappa shape index (κ3) is 4.75. The van der Waals surface area contributed by atoms with Crippen LogP contribution in [0.5, 0.6) is 5.75 Å². The van der Waals surface area contributed by atoms with Crippen molar-refractivity contribution in [1.29, 1.82) is 0 Å². The van der Waals surface area contributed by atoms with Crippen molar-refractivity contribution in [2.24, 2.45) is 4.99 Å². The Bertz CT molecular complexity index is 1860. The second-order valence-corrected chi connectivity index (χ2v) is 10.0. The molecule has 4 aromatic rings. The highest BCUT2D eigenvalue weighted by Gasteiger charge is 2.35. The van der Waals surface area contributed by atoms with Gasteiger partial charge in [0, 0.05) is 23.3 Å². The van der Waals surface area contributed by atoms with Crippen LogP contribution in [0.25, 0.3) is 17.4 Å². The average molecular weight is 560 g/mol. The van der Waals surface area contributed by atoms with Crippen molar-refractivity contribution >= 4 is 29.1 Å². The number of ether oxygens (including phenoxy) is 2. The van der Waals surface area contributed by atoms with Crippen molar-refractivity contribution in [2.75, 3.05) is 13.7 Å². The fourth-order valence-corrected chi connectivity index (χ4v) is 5.66. The van der Waals surface area contributed by atoms with Crippen molar-refractivity contribution in [3.05, 3.63) is 113 Å². The van der Waals surface area contributed by atoms with Crippen LogP contribution in [0, 0.1) is 17.0 Å². The predicted octanol–water partition coefficient (Wildman–Crippen LogP) is 4.28. The van der Waals surface area contributed by atoms with E-state index in [1.54, 1.807) is 51.3 Å². The number of non-ortho nitro benzene ring substituents is 1. The maximum Gasteiger partial charge on any atom is 0.338 e. The number of carbonyl (C=O) groups is 1. The summed E-state index contributed by atoms with van der Waals surface area (Å²) >= 11 is 1.19. The first-order valence-corrected chi connectivity index (χ1v) is 13.2. The average Bonchev–Trinajstić information content (AvgIpc) is 3.53. The Hall–Kier alpha value is -4.77. The van der Waals surface area contributed by atoms with Gasteiger partial charge in [-0.2, -0.15) is 0 Å². The van der Waals surface area contributed by atoms with Gasteiger partial charge in [-0.05, 0) is 50.6 Å². The maximum atomic E-state index is 13.8. The summed E-state index contributed by atoms with van der Waals surface area (Å²) in [5.74, 6) is 0.655. The number of allylic oxidation sites excluding steroid dienone is 1. The first-order valence-electron chi connectivity index (χ1n) is 12.4. The molecule has 1 atom stereocenters. The molecule has 0 radical (unpaired) electrons. The largest absolute Gasteiger partial charge is 0.496 e. The van der Waals surface area contributed by atoms with Gasteiger partial charge in [0.2, 0.25) is 0 Å². The van der Waals surface area contributed by atoms with Gasteiger partial charge in [0.05, 0.1) is 34.4 Å². The number of aryl methyl sites for hydroxylation is 1. The summed E-state index contributed by atoms with van der Waals surface area (Å²) in [6, 6.07) is 14.2. The Morgan fingerprint density at radius 3 is 2.70 bits per heavy atom. The second-order valence-electron chi connectivity index (χ2n) is 9.00. The lowest BCUT2D eigenvalue weighted by atomic mass is 10.0. The Kier molecular flexibility index (Phi) is 7.22. The molecule has 0 saturated carbocycles. The van der Waals surface area contributed by atoms with Gasteiger partial charge >= 0.3 is 5.97 Å². The molecule has 0 amide bonds. The van der Waals surface area contributed by atoms with Crippen molar-refractivity contribution in [3.63, 3.8) is 0 Å². The number of methoxy groups -OCH3 is 1. The van der Waals surface area contributed by atoms with Crippen LogP contribution in [0.2, 0.25) is 0 Å². The topological polar surface area (TPSA) is 126 Å². The van der Waals surface area contributed by atoms with E-state index in [1.807, 2.05) is 25.1 Å². The van der Waals surface area contributed by atoms with E-state index in [2.05, 4.69) is 4.99 Å². The minimum Gasteiger partial charge on any atom is -0.496 e. The number of nitro benzene ring substituents is 1. The summed E-state index contributed by atoms with van der Waals surface area (Å²) in [5, 5.41) is 11.4. The van der Waals surface area contributed by atoms with E-state index in [-0.39, 0.29) is 23.4 Å². The van der Waals surface area contributed by atoms with Gasteiger partial charge in [0.1, 0.15) is 23.3 Å². The van der Waals surface area contributed by atoms with Crippen molar-refractivity contribution in [3.8, 4) is 17.1 Å². The lowest BCUT2D eigenvalue weighted by Crippen LogP contribution is -2.39. The number of thiazole rings is 1. The van der Waals surface area contributed by atoms with Crippen LogP contribution in [0.15, 0.2) is 80.1 Å². The Morgan fingerprint density at radius 2 is 1.98 bits per heavy atom. The highest BCUT2D eigenvalue weighted by Crippen LogP contribution is 2.36. The van der Waals surface area contributed by atoms with E-state index in [1.165, 1.54) is 28.0 Å². The molecule has 2 aromatic carbocycles. The summed E-state index contributed by atoms with van der Waals surface area (Å²) in [6.07, 6.45) is 1.73. The second kappa shape index (κ2) is 10.8. The van der Waals surface area contributed by atoms with Crippen molar-refractivity contribution in [1.82, 2.24) is 4.57 Å². The molecule has 10 nitrogen and oxygen atoms in total. The van der Waals surface area contributed by atoms with E-state index >= 15 is 0 Å².